The van der Waals surface area contributed by atoms with Gasteiger partial charge in [-0.3, -0.25) is 9.59 Å². The van der Waals surface area contributed by atoms with Gasteiger partial charge in [0.05, 0.1) is 68.3 Å². The van der Waals surface area contributed by atoms with Crippen molar-refractivity contribution in [1.29, 1.82) is 0 Å². The third-order valence-corrected chi connectivity index (χ3v) is 25.5. The summed E-state index contributed by atoms with van der Waals surface area (Å²) in [5, 5.41) is 25.6. The van der Waals surface area contributed by atoms with Crippen LogP contribution >= 0.6 is 141 Å². The van der Waals surface area contributed by atoms with E-state index in [0.717, 1.165) is 19.3 Å². The van der Waals surface area contributed by atoms with Gasteiger partial charge >= 0.3 is 0 Å². The van der Waals surface area contributed by atoms with E-state index in [1.165, 1.54) is 39.5 Å². The fraction of sp³-hybridized carbons (Fsp3) is 0.429. The Kier molecular flexibility index (Phi) is 23.7. The number of thioether (sulfide) groups is 12. The highest BCUT2D eigenvalue weighted by Crippen LogP contribution is 2.52. The highest BCUT2D eigenvalue weighted by Gasteiger charge is 2.58. The number of likely N-dealkylation sites (N-methyl/N-ethyl adjacent to an activating group) is 2. The van der Waals surface area contributed by atoms with Crippen LogP contribution in [0, 0.1) is 9.81 Å². The summed E-state index contributed by atoms with van der Waals surface area (Å²) in [4.78, 5) is 51.2. The summed E-state index contributed by atoms with van der Waals surface area (Å²) >= 11 is 21.8. The molecule has 0 N–H and O–H groups in total. The predicted molar refractivity (Wildman–Crippen MR) is 311 cm³/mol. The van der Waals surface area contributed by atoms with Gasteiger partial charge in [0, 0.05) is 114 Å². The van der Waals surface area contributed by atoms with Crippen molar-refractivity contribution in [3.8, 4) is 0 Å². The smallest absolute Gasteiger partial charge is 0.256 e. The second-order valence-corrected chi connectivity index (χ2v) is 32.5. The van der Waals surface area contributed by atoms with E-state index in [1.54, 1.807) is 67.5 Å². The van der Waals surface area contributed by atoms with Crippen LogP contribution in [0.25, 0.3) is 0 Å². The monoisotopic (exact) mass is 1220 g/mol. The first-order valence-electron chi connectivity index (χ1n) is 20.4. The van der Waals surface area contributed by atoms with Crippen molar-refractivity contribution in [3.63, 3.8) is 0 Å². The van der Waals surface area contributed by atoms with Crippen LogP contribution in [-0.2, 0) is 29.8 Å². The fourth-order valence-corrected chi connectivity index (χ4v) is 19.5. The summed E-state index contributed by atoms with van der Waals surface area (Å²) in [6.45, 7) is 12.9. The summed E-state index contributed by atoms with van der Waals surface area (Å²) < 4.78 is 73.8. The van der Waals surface area contributed by atoms with Gasteiger partial charge in [0.25, 0.3) is 11.8 Å². The number of amides is 2. The minimum Gasteiger partial charge on any atom is -0.748 e. The second kappa shape index (κ2) is 26.9. The molecular weight excluding hydrogens is 1170 g/mol. The Hall–Kier alpha value is -0.700. The lowest BCUT2D eigenvalue weighted by Crippen LogP contribution is -2.44. The summed E-state index contributed by atoms with van der Waals surface area (Å²) in [5.74, 6) is -2.17. The largest absolute Gasteiger partial charge is 0.748 e. The van der Waals surface area contributed by atoms with Gasteiger partial charge in [-0.2, -0.15) is 0 Å². The Balaban J connectivity index is 0.000000197. The quantitative estimate of drug-likeness (QED) is 0.164. The topological polar surface area (TPSA) is 195 Å². The molecule has 0 saturated heterocycles. The lowest BCUT2D eigenvalue weighted by atomic mass is 9.95. The van der Waals surface area contributed by atoms with Crippen molar-refractivity contribution >= 4 is 173 Å². The van der Waals surface area contributed by atoms with E-state index in [2.05, 4.69) is 64.9 Å². The SMILES string of the molecule is C1=CSC(=C2SC=CS2)S1.C1=CSC(=C2SC=CS2)S1.C1=CSC(=C2SC=CS2)S1.CN(CCS(=O)(=O)[O-])C(=O)C1=CC(C)(C)[N+](=O)C1(C)C.CN(CCS(=O)(=O)[O-])C(=O)C1=CC(C)(C)[N+](=O)C1(C)C. The zero-order valence-electron chi connectivity index (χ0n) is 39.5. The summed E-state index contributed by atoms with van der Waals surface area (Å²) in [7, 11) is -5.93. The molecule has 0 aromatic rings. The molecule has 8 aliphatic rings. The molecule has 70 heavy (non-hydrogen) atoms. The molecule has 0 bridgehead atoms. The number of hydrogen-bond acceptors (Lipinski definition) is 22. The van der Waals surface area contributed by atoms with Crippen LogP contribution in [0.3, 0.4) is 0 Å². The summed E-state index contributed by atoms with van der Waals surface area (Å²) in [5.41, 5.74) is -2.98. The first-order chi connectivity index (χ1) is 32.5. The van der Waals surface area contributed by atoms with Gasteiger partial charge in [-0.15, -0.1) is 0 Å². The minimum absolute atomic E-state index is 0.197. The molecule has 0 fully saturated rings. The predicted octanol–water partition coefficient (Wildman–Crippen LogP) is 12.6. The summed E-state index contributed by atoms with van der Waals surface area (Å²) in [6.07, 6.45) is 3.18. The van der Waals surface area contributed by atoms with Crippen LogP contribution in [0.4, 0.5) is 0 Å². The molecule has 0 atom stereocenters. The normalized spacial score (nSPS) is 21.8. The van der Waals surface area contributed by atoms with E-state index in [0.29, 0.717) is 11.1 Å². The number of nitrogens with zero attached hydrogens (tertiary/aromatic N) is 4. The first kappa shape index (κ1) is 61.8. The average Bonchev–Trinajstić information content (AvgIpc) is 4.14. The van der Waals surface area contributed by atoms with Crippen molar-refractivity contribution < 1.29 is 45.1 Å². The third-order valence-electron chi connectivity index (χ3n) is 9.82. The van der Waals surface area contributed by atoms with Crippen LogP contribution in [0.15, 0.2) is 114 Å². The van der Waals surface area contributed by atoms with E-state index in [4.69, 9.17) is 0 Å². The third kappa shape index (κ3) is 18.3. The maximum Gasteiger partial charge on any atom is 0.256 e. The molecule has 0 saturated carbocycles. The summed E-state index contributed by atoms with van der Waals surface area (Å²) in [6, 6.07) is 0. The Morgan fingerprint density at radius 1 is 0.443 bits per heavy atom. The molecule has 0 unspecified atom stereocenters. The molecule has 8 heterocycles. The van der Waals surface area contributed by atoms with Crippen molar-refractivity contribution in [2.45, 2.75) is 77.5 Å². The second-order valence-electron chi connectivity index (χ2n) is 16.9. The van der Waals surface area contributed by atoms with Crippen LogP contribution in [0.2, 0.25) is 0 Å². The molecule has 0 spiro atoms. The Bertz CT molecular complexity index is 2290. The van der Waals surface area contributed by atoms with Gasteiger partial charge in [-0.25, -0.2) is 16.8 Å². The van der Waals surface area contributed by atoms with Gasteiger partial charge in [-0.05, 0) is 64.9 Å². The van der Waals surface area contributed by atoms with Crippen LogP contribution in [-0.4, -0.2) is 118 Å². The van der Waals surface area contributed by atoms with Gasteiger partial charge in [0.15, 0.2) is 0 Å². The van der Waals surface area contributed by atoms with Crippen LogP contribution in [0.5, 0.6) is 0 Å². The van der Waals surface area contributed by atoms with Gasteiger partial charge in [-0.1, -0.05) is 141 Å². The van der Waals surface area contributed by atoms with E-state index in [9.17, 15) is 45.3 Å². The zero-order chi connectivity index (χ0) is 52.3. The maximum atomic E-state index is 12.3. The van der Waals surface area contributed by atoms with E-state index < -0.39 is 65.7 Å². The number of carbonyl (C=O) groups is 2. The standard InChI is InChI=1S/2C12H20N2O5S.3C6H4S4/c2*1-11(2)8-9(12(3,4)14(11)16)10(15)13(5)6-7-20(17,18)19;3*1-2-8-5(7-1)6-9-3-4-10-6/h2*8H,6-7H2,1-5H3;3*1-4H. The maximum absolute atomic E-state index is 12.3. The molecule has 8 rings (SSSR count). The van der Waals surface area contributed by atoms with Gasteiger partial charge in [0.2, 0.25) is 22.2 Å². The molecule has 384 valence electrons. The lowest BCUT2D eigenvalue weighted by Gasteiger charge is -2.22. The van der Waals surface area contributed by atoms with E-state index >= 15 is 0 Å². The average molecular weight is 1220 g/mol. The zero-order valence-corrected chi connectivity index (χ0v) is 50.9. The molecule has 8 aliphatic heterocycles. The van der Waals surface area contributed by atoms with Gasteiger partial charge in [0.1, 0.15) is 0 Å². The number of hydrogen-bond donors (Lipinski definition) is 0. The lowest BCUT2D eigenvalue weighted by molar-refractivity contribution is -0.651. The molecule has 0 radical (unpaired) electrons. The first-order valence-corrected chi connectivity index (χ1v) is 34.1. The number of carbonyl (C=O) groups excluding carboxylic acids is 2. The van der Waals surface area contributed by atoms with E-state index in [-0.39, 0.29) is 13.1 Å². The van der Waals surface area contributed by atoms with Gasteiger partial charge < -0.3 is 18.9 Å². The highest BCUT2D eigenvalue weighted by molar-refractivity contribution is 8.34. The Labute approximate surface area is 462 Å². The highest BCUT2D eigenvalue weighted by atomic mass is 32.2. The molecule has 28 heteroatoms. The van der Waals surface area contributed by atoms with Crippen LogP contribution in [0.1, 0.15) is 55.4 Å². The van der Waals surface area contributed by atoms with Crippen molar-refractivity contribution in [2.75, 3.05) is 38.7 Å². The van der Waals surface area contributed by atoms with Crippen molar-refractivity contribution in [1.82, 2.24) is 9.80 Å². The number of nitroso groups, excluding NO2 is 2. The molecule has 2 amide bonds. The molecule has 14 nitrogen and oxygen atoms in total. The number of rotatable bonds is 8. The molecular formula is C42H52N4O10S14. The van der Waals surface area contributed by atoms with Crippen molar-refractivity contribution in [2.24, 2.45) is 0 Å². The van der Waals surface area contributed by atoms with Crippen LogP contribution < -0.4 is 0 Å². The molecule has 0 aliphatic carbocycles. The van der Waals surface area contributed by atoms with Crippen molar-refractivity contribution in [3.05, 3.63) is 123 Å². The molecule has 0 aromatic carbocycles. The Morgan fingerprint density at radius 2 is 0.629 bits per heavy atom. The molecule has 0 aromatic heterocycles. The fourth-order valence-electron chi connectivity index (χ4n) is 6.41. The minimum atomic E-state index is -4.37. The Morgan fingerprint density at radius 3 is 0.771 bits per heavy atom. The van der Waals surface area contributed by atoms with E-state index in [1.807, 2.05) is 141 Å².